The number of amides is 1. The fourth-order valence-corrected chi connectivity index (χ4v) is 1.65. The highest BCUT2D eigenvalue weighted by Gasteiger charge is 2.06. The van der Waals surface area contributed by atoms with Crippen LogP contribution in [0.15, 0.2) is 18.5 Å². The molecular weight excluding hydrogens is 230 g/mol. The molecule has 5 heteroatoms. The highest BCUT2D eigenvalue weighted by Crippen LogP contribution is 2.11. The van der Waals surface area contributed by atoms with Gasteiger partial charge in [-0.2, -0.15) is 0 Å². The van der Waals surface area contributed by atoms with Crippen molar-refractivity contribution in [1.82, 2.24) is 15.2 Å². The summed E-state index contributed by atoms with van der Waals surface area (Å²) in [5, 5.41) is 6.03. The molecule has 0 fully saturated rings. The van der Waals surface area contributed by atoms with Gasteiger partial charge in [-0.3, -0.25) is 4.79 Å². The average molecular weight is 253 g/mol. The summed E-state index contributed by atoms with van der Waals surface area (Å²) in [5.74, 6) is 0.0327. The van der Waals surface area contributed by atoms with Crippen molar-refractivity contribution in [2.45, 2.75) is 25.9 Å². The number of hydrogen-bond donors (Lipinski definition) is 2. The van der Waals surface area contributed by atoms with Crippen LogP contribution in [-0.2, 0) is 16.1 Å². The molecule has 0 aliphatic rings. The average Bonchev–Trinajstić information content (AvgIpc) is 2.82. The predicted molar refractivity (Wildman–Crippen MR) is 71.4 cm³/mol. The Kier molecular flexibility index (Phi) is 6.46. The first kappa shape index (κ1) is 14.7. The molecule has 0 aliphatic carbocycles. The van der Waals surface area contributed by atoms with Crippen molar-refractivity contribution in [2.24, 2.45) is 0 Å². The minimum Gasteiger partial charge on any atom is -0.385 e. The molecule has 1 rings (SSSR count). The SMILES string of the molecule is CNC(C)c1ccn(CC(=O)NCCCOC)c1. The summed E-state index contributed by atoms with van der Waals surface area (Å²) in [4.78, 5) is 11.6. The normalized spacial score (nSPS) is 12.4. The van der Waals surface area contributed by atoms with Gasteiger partial charge in [-0.05, 0) is 32.0 Å². The molecule has 1 heterocycles. The van der Waals surface area contributed by atoms with Crippen LogP contribution in [0.1, 0.15) is 24.9 Å². The molecule has 0 aromatic carbocycles. The number of carbonyl (C=O) groups excluding carboxylic acids is 1. The zero-order chi connectivity index (χ0) is 13.4. The lowest BCUT2D eigenvalue weighted by molar-refractivity contribution is -0.121. The number of rotatable bonds is 8. The molecule has 0 spiro atoms. The molecule has 2 N–H and O–H groups in total. The van der Waals surface area contributed by atoms with Crippen LogP contribution in [-0.4, -0.2) is 37.8 Å². The van der Waals surface area contributed by atoms with Crippen LogP contribution in [0.2, 0.25) is 0 Å². The van der Waals surface area contributed by atoms with Crippen LogP contribution < -0.4 is 10.6 Å². The van der Waals surface area contributed by atoms with E-state index in [0.717, 1.165) is 6.42 Å². The molecule has 18 heavy (non-hydrogen) atoms. The topological polar surface area (TPSA) is 55.3 Å². The fourth-order valence-electron chi connectivity index (χ4n) is 1.65. The van der Waals surface area contributed by atoms with E-state index in [9.17, 15) is 4.79 Å². The first-order valence-electron chi connectivity index (χ1n) is 6.26. The van der Waals surface area contributed by atoms with E-state index in [-0.39, 0.29) is 5.91 Å². The highest BCUT2D eigenvalue weighted by molar-refractivity contribution is 5.75. The van der Waals surface area contributed by atoms with E-state index in [1.54, 1.807) is 7.11 Å². The van der Waals surface area contributed by atoms with Gasteiger partial charge in [0, 0.05) is 38.7 Å². The van der Waals surface area contributed by atoms with Crippen molar-refractivity contribution in [2.75, 3.05) is 27.3 Å². The standard InChI is InChI=1S/C13H23N3O2/c1-11(14-2)12-5-7-16(9-12)10-13(17)15-6-4-8-18-3/h5,7,9,11,14H,4,6,8,10H2,1-3H3,(H,15,17). The Labute approximate surface area is 109 Å². The molecule has 0 bridgehead atoms. The maximum Gasteiger partial charge on any atom is 0.239 e. The molecule has 0 saturated carbocycles. The van der Waals surface area contributed by atoms with E-state index in [4.69, 9.17) is 4.74 Å². The van der Waals surface area contributed by atoms with Crippen molar-refractivity contribution in [3.8, 4) is 0 Å². The number of ether oxygens (including phenoxy) is 1. The lowest BCUT2D eigenvalue weighted by Crippen LogP contribution is -2.28. The van der Waals surface area contributed by atoms with Crippen LogP contribution in [0.5, 0.6) is 0 Å². The van der Waals surface area contributed by atoms with Crippen LogP contribution in [0, 0.1) is 0 Å². The number of methoxy groups -OCH3 is 1. The van der Waals surface area contributed by atoms with E-state index < -0.39 is 0 Å². The van der Waals surface area contributed by atoms with Gasteiger partial charge in [-0.1, -0.05) is 0 Å². The van der Waals surface area contributed by atoms with E-state index in [0.29, 0.717) is 25.7 Å². The number of nitrogens with one attached hydrogen (secondary N) is 2. The minimum absolute atomic E-state index is 0.0327. The quantitative estimate of drug-likeness (QED) is 0.677. The summed E-state index contributed by atoms with van der Waals surface area (Å²) in [6.45, 7) is 3.79. The van der Waals surface area contributed by atoms with Gasteiger partial charge >= 0.3 is 0 Å². The molecule has 1 amide bonds. The monoisotopic (exact) mass is 253 g/mol. The molecular formula is C13H23N3O2. The van der Waals surface area contributed by atoms with Gasteiger partial charge in [-0.25, -0.2) is 0 Å². The van der Waals surface area contributed by atoms with Gasteiger partial charge in [0.05, 0.1) is 0 Å². The zero-order valence-electron chi connectivity index (χ0n) is 11.4. The molecule has 1 atom stereocenters. The molecule has 5 nitrogen and oxygen atoms in total. The second-order valence-electron chi connectivity index (χ2n) is 4.32. The Bertz CT molecular complexity index is 363. The zero-order valence-corrected chi connectivity index (χ0v) is 11.4. The Morgan fingerprint density at radius 3 is 3.00 bits per heavy atom. The van der Waals surface area contributed by atoms with E-state index in [2.05, 4.69) is 17.6 Å². The second kappa shape index (κ2) is 7.89. The Hall–Kier alpha value is -1.33. The molecule has 0 radical (unpaired) electrons. The summed E-state index contributed by atoms with van der Waals surface area (Å²) < 4.78 is 6.82. The van der Waals surface area contributed by atoms with Crippen LogP contribution >= 0.6 is 0 Å². The lowest BCUT2D eigenvalue weighted by atomic mass is 10.2. The smallest absolute Gasteiger partial charge is 0.239 e. The van der Waals surface area contributed by atoms with Crippen molar-refractivity contribution in [1.29, 1.82) is 0 Å². The second-order valence-corrected chi connectivity index (χ2v) is 4.32. The van der Waals surface area contributed by atoms with Gasteiger partial charge in [0.2, 0.25) is 5.91 Å². The van der Waals surface area contributed by atoms with Gasteiger partial charge in [0.25, 0.3) is 0 Å². The van der Waals surface area contributed by atoms with Crippen molar-refractivity contribution in [3.05, 3.63) is 24.0 Å². The summed E-state index contributed by atoms with van der Waals surface area (Å²) in [7, 11) is 3.58. The maximum atomic E-state index is 11.6. The third-order valence-corrected chi connectivity index (χ3v) is 2.88. The summed E-state index contributed by atoms with van der Waals surface area (Å²) in [5.41, 5.74) is 1.18. The van der Waals surface area contributed by atoms with Crippen molar-refractivity contribution in [3.63, 3.8) is 0 Å². The maximum absolute atomic E-state index is 11.6. The predicted octanol–water partition coefficient (Wildman–Crippen LogP) is 0.921. The van der Waals surface area contributed by atoms with E-state index >= 15 is 0 Å². The molecule has 0 aliphatic heterocycles. The number of carbonyl (C=O) groups is 1. The van der Waals surface area contributed by atoms with Gasteiger partial charge < -0.3 is 19.9 Å². The number of nitrogens with zero attached hydrogens (tertiary/aromatic N) is 1. The van der Waals surface area contributed by atoms with Crippen LogP contribution in [0.3, 0.4) is 0 Å². The van der Waals surface area contributed by atoms with Crippen molar-refractivity contribution < 1.29 is 9.53 Å². The number of hydrogen-bond acceptors (Lipinski definition) is 3. The van der Waals surface area contributed by atoms with Gasteiger partial charge in [0.1, 0.15) is 6.54 Å². The first-order chi connectivity index (χ1) is 8.67. The first-order valence-corrected chi connectivity index (χ1v) is 6.26. The molecule has 0 saturated heterocycles. The Balaban J connectivity index is 2.33. The van der Waals surface area contributed by atoms with E-state index in [1.165, 1.54) is 5.56 Å². The summed E-state index contributed by atoms with van der Waals surface area (Å²) in [6, 6.07) is 2.33. The third kappa shape index (κ3) is 4.89. The Morgan fingerprint density at radius 1 is 1.56 bits per heavy atom. The molecule has 1 unspecified atom stereocenters. The molecule has 1 aromatic heterocycles. The minimum atomic E-state index is 0.0327. The highest BCUT2D eigenvalue weighted by atomic mass is 16.5. The summed E-state index contributed by atoms with van der Waals surface area (Å²) in [6.07, 6.45) is 4.77. The summed E-state index contributed by atoms with van der Waals surface area (Å²) >= 11 is 0. The van der Waals surface area contributed by atoms with Crippen LogP contribution in [0.4, 0.5) is 0 Å². The Morgan fingerprint density at radius 2 is 2.33 bits per heavy atom. The van der Waals surface area contributed by atoms with Crippen molar-refractivity contribution >= 4 is 5.91 Å². The molecule has 102 valence electrons. The molecule has 1 aromatic rings. The van der Waals surface area contributed by atoms with Gasteiger partial charge in [0.15, 0.2) is 0 Å². The number of aromatic nitrogens is 1. The van der Waals surface area contributed by atoms with Gasteiger partial charge in [-0.15, -0.1) is 0 Å². The van der Waals surface area contributed by atoms with E-state index in [1.807, 2.05) is 30.1 Å². The fraction of sp³-hybridized carbons (Fsp3) is 0.615. The largest absolute Gasteiger partial charge is 0.385 e. The third-order valence-electron chi connectivity index (χ3n) is 2.88. The lowest BCUT2D eigenvalue weighted by Gasteiger charge is -2.08. The van der Waals surface area contributed by atoms with Crippen LogP contribution in [0.25, 0.3) is 0 Å².